The second-order valence-electron chi connectivity index (χ2n) is 3.37. The van der Waals surface area contributed by atoms with E-state index in [1.165, 1.54) is 6.33 Å². The van der Waals surface area contributed by atoms with Crippen molar-refractivity contribution in [1.29, 1.82) is 0 Å². The van der Waals surface area contributed by atoms with E-state index in [4.69, 9.17) is 4.74 Å². The first-order chi connectivity index (χ1) is 8.26. The van der Waals surface area contributed by atoms with Gasteiger partial charge < -0.3 is 15.4 Å². The SMILES string of the molecule is CCCNc1cc(NCC(=O)OCC)ncn1. The summed E-state index contributed by atoms with van der Waals surface area (Å²) in [7, 11) is 0. The first-order valence-corrected chi connectivity index (χ1v) is 5.71. The molecule has 17 heavy (non-hydrogen) atoms. The third-order valence-corrected chi connectivity index (χ3v) is 1.94. The maximum Gasteiger partial charge on any atom is 0.325 e. The van der Waals surface area contributed by atoms with Crippen LogP contribution in [0.3, 0.4) is 0 Å². The Morgan fingerprint density at radius 3 is 2.65 bits per heavy atom. The number of aromatic nitrogens is 2. The Morgan fingerprint density at radius 2 is 2.00 bits per heavy atom. The first kappa shape index (κ1) is 13.2. The van der Waals surface area contributed by atoms with Crippen molar-refractivity contribution in [3.63, 3.8) is 0 Å². The Balaban J connectivity index is 2.45. The summed E-state index contributed by atoms with van der Waals surface area (Å²) in [5, 5.41) is 6.02. The third-order valence-electron chi connectivity index (χ3n) is 1.94. The molecule has 0 bridgehead atoms. The van der Waals surface area contributed by atoms with E-state index in [0.717, 1.165) is 18.8 Å². The van der Waals surface area contributed by atoms with Crippen LogP contribution in [0, 0.1) is 0 Å². The molecule has 2 N–H and O–H groups in total. The topological polar surface area (TPSA) is 76.1 Å². The molecule has 94 valence electrons. The van der Waals surface area contributed by atoms with Crippen molar-refractivity contribution in [2.24, 2.45) is 0 Å². The second kappa shape index (κ2) is 7.43. The number of nitrogens with zero attached hydrogens (tertiary/aromatic N) is 2. The number of anilines is 2. The van der Waals surface area contributed by atoms with Gasteiger partial charge in [0.05, 0.1) is 6.61 Å². The molecule has 0 unspecified atom stereocenters. The summed E-state index contributed by atoms with van der Waals surface area (Å²) in [6, 6.07) is 1.76. The Bertz CT molecular complexity index is 357. The van der Waals surface area contributed by atoms with E-state index in [9.17, 15) is 4.79 Å². The average molecular weight is 238 g/mol. The van der Waals surface area contributed by atoms with Crippen molar-refractivity contribution in [1.82, 2.24) is 9.97 Å². The largest absolute Gasteiger partial charge is 0.465 e. The number of rotatable bonds is 7. The molecule has 0 amide bonds. The van der Waals surface area contributed by atoms with Crippen LogP contribution in [0.4, 0.5) is 11.6 Å². The number of ether oxygens (including phenoxy) is 1. The molecular formula is C11H18N4O2. The summed E-state index contributed by atoms with van der Waals surface area (Å²) >= 11 is 0. The van der Waals surface area contributed by atoms with E-state index in [1.54, 1.807) is 13.0 Å². The van der Waals surface area contributed by atoms with Gasteiger partial charge in [0.1, 0.15) is 24.5 Å². The lowest BCUT2D eigenvalue weighted by atomic mass is 10.4. The maximum absolute atomic E-state index is 11.1. The highest BCUT2D eigenvalue weighted by atomic mass is 16.5. The Hall–Kier alpha value is -1.85. The van der Waals surface area contributed by atoms with Crippen LogP contribution in [-0.2, 0) is 9.53 Å². The summed E-state index contributed by atoms with van der Waals surface area (Å²) < 4.78 is 4.80. The molecule has 0 aromatic carbocycles. The summed E-state index contributed by atoms with van der Waals surface area (Å²) in [6.45, 7) is 5.20. The maximum atomic E-state index is 11.1. The van der Waals surface area contributed by atoms with Gasteiger partial charge >= 0.3 is 5.97 Å². The van der Waals surface area contributed by atoms with Crippen molar-refractivity contribution in [2.45, 2.75) is 20.3 Å². The first-order valence-electron chi connectivity index (χ1n) is 5.71. The smallest absolute Gasteiger partial charge is 0.325 e. The molecule has 1 aromatic rings. The van der Waals surface area contributed by atoms with Gasteiger partial charge in [0, 0.05) is 12.6 Å². The minimum Gasteiger partial charge on any atom is -0.465 e. The van der Waals surface area contributed by atoms with Gasteiger partial charge in [0.2, 0.25) is 0 Å². The van der Waals surface area contributed by atoms with Crippen LogP contribution in [0.25, 0.3) is 0 Å². The fourth-order valence-corrected chi connectivity index (χ4v) is 1.18. The van der Waals surface area contributed by atoms with Crippen LogP contribution < -0.4 is 10.6 Å². The zero-order valence-corrected chi connectivity index (χ0v) is 10.2. The normalized spacial score (nSPS) is 9.76. The van der Waals surface area contributed by atoms with E-state index in [2.05, 4.69) is 27.5 Å². The molecule has 1 aromatic heterocycles. The predicted octanol–water partition coefficient (Wildman–Crippen LogP) is 1.27. The highest BCUT2D eigenvalue weighted by Gasteiger charge is 2.02. The van der Waals surface area contributed by atoms with Crippen molar-refractivity contribution < 1.29 is 9.53 Å². The van der Waals surface area contributed by atoms with E-state index < -0.39 is 0 Å². The minimum atomic E-state index is -0.297. The second-order valence-corrected chi connectivity index (χ2v) is 3.37. The van der Waals surface area contributed by atoms with Crippen LogP contribution in [0.15, 0.2) is 12.4 Å². The third kappa shape index (κ3) is 5.14. The van der Waals surface area contributed by atoms with Gasteiger partial charge in [-0.05, 0) is 13.3 Å². The molecule has 0 radical (unpaired) electrons. The number of carbonyl (C=O) groups excluding carboxylic acids is 1. The minimum absolute atomic E-state index is 0.109. The molecule has 1 heterocycles. The fraction of sp³-hybridized carbons (Fsp3) is 0.545. The molecule has 1 rings (SSSR count). The lowest BCUT2D eigenvalue weighted by Gasteiger charge is -2.07. The van der Waals surface area contributed by atoms with Crippen LogP contribution in [0.1, 0.15) is 20.3 Å². The van der Waals surface area contributed by atoms with E-state index in [0.29, 0.717) is 12.4 Å². The van der Waals surface area contributed by atoms with Crippen LogP contribution >= 0.6 is 0 Å². The van der Waals surface area contributed by atoms with Gasteiger partial charge in [-0.25, -0.2) is 9.97 Å². The van der Waals surface area contributed by atoms with Gasteiger partial charge in [-0.3, -0.25) is 4.79 Å². The standard InChI is InChI=1S/C11H18N4O2/c1-3-5-12-9-6-10(15-8-14-9)13-7-11(16)17-4-2/h6,8H,3-5,7H2,1-2H3,(H2,12,13,14,15). The molecular weight excluding hydrogens is 220 g/mol. The summed E-state index contributed by atoms with van der Waals surface area (Å²) in [5.41, 5.74) is 0. The quantitative estimate of drug-likeness (QED) is 0.697. The van der Waals surface area contributed by atoms with Crippen LogP contribution in [0.5, 0.6) is 0 Å². The lowest BCUT2D eigenvalue weighted by molar-refractivity contribution is -0.140. The van der Waals surface area contributed by atoms with Gasteiger partial charge in [-0.15, -0.1) is 0 Å². The molecule has 0 aliphatic rings. The molecule has 0 fully saturated rings. The molecule has 0 aliphatic heterocycles. The molecule has 0 saturated heterocycles. The molecule has 0 saturated carbocycles. The van der Waals surface area contributed by atoms with Gasteiger partial charge in [0.15, 0.2) is 0 Å². The van der Waals surface area contributed by atoms with Crippen molar-refractivity contribution >= 4 is 17.6 Å². The summed E-state index contributed by atoms with van der Waals surface area (Å²) in [4.78, 5) is 19.2. The number of hydrogen-bond acceptors (Lipinski definition) is 6. The van der Waals surface area contributed by atoms with Gasteiger partial charge in [-0.2, -0.15) is 0 Å². The molecule has 0 atom stereocenters. The molecule has 6 heteroatoms. The van der Waals surface area contributed by atoms with Crippen LogP contribution in [0.2, 0.25) is 0 Å². The summed E-state index contributed by atoms with van der Waals surface area (Å²) in [6.07, 6.45) is 2.47. The number of nitrogens with one attached hydrogen (secondary N) is 2. The predicted molar refractivity (Wildman–Crippen MR) is 65.9 cm³/mol. The van der Waals surface area contributed by atoms with E-state index in [-0.39, 0.29) is 12.5 Å². The summed E-state index contributed by atoms with van der Waals surface area (Å²) in [5.74, 6) is 1.05. The molecule has 0 aliphatic carbocycles. The monoisotopic (exact) mass is 238 g/mol. The van der Waals surface area contributed by atoms with Crippen molar-refractivity contribution in [2.75, 3.05) is 30.3 Å². The zero-order chi connectivity index (χ0) is 12.5. The van der Waals surface area contributed by atoms with Gasteiger partial charge in [0.25, 0.3) is 0 Å². The Morgan fingerprint density at radius 1 is 1.29 bits per heavy atom. The van der Waals surface area contributed by atoms with Crippen LogP contribution in [-0.4, -0.2) is 35.6 Å². The Kier molecular flexibility index (Phi) is 5.77. The van der Waals surface area contributed by atoms with Crippen molar-refractivity contribution in [3.8, 4) is 0 Å². The molecule has 0 spiro atoms. The van der Waals surface area contributed by atoms with Crippen molar-refractivity contribution in [3.05, 3.63) is 12.4 Å². The lowest BCUT2D eigenvalue weighted by Crippen LogP contribution is -2.17. The average Bonchev–Trinajstić information content (AvgIpc) is 2.35. The highest BCUT2D eigenvalue weighted by Crippen LogP contribution is 2.07. The fourth-order valence-electron chi connectivity index (χ4n) is 1.18. The number of esters is 1. The Labute approximate surface area is 101 Å². The zero-order valence-electron chi connectivity index (χ0n) is 10.2. The van der Waals surface area contributed by atoms with E-state index in [1.807, 2.05) is 0 Å². The number of carbonyl (C=O) groups is 1. The highest BCUT2D eigenvalue weighted by molar-refractivity contribution is 5.74. The number of hydrogen-bond donors (Lipinski definition) is 2. The molecule has 6 nitrogen and oxygen atoms in total. The van der Waals surface area contributed by atoms with E-state index >= 15 is 0 Å². The van der Waals surface area contributed by atoms with Gasteiger partial charge in [-0.1, -0.05) is 6.92 Å².